The third-order valence-electron chi connectivity index (χ3n) is 2.55. The lowest BCUT2D eigenvalue weighted by Crippen LogP contribution is -2.05. The quantitative estimate of drug-likeness (QED) is 0.359. The molecule has 2 aromatic rings. The molecule has 1 aromatic heterocycles. The van der Waals surface area contributed by atoms with Gasteiger partial charge in [0.05, 0.1) is 0 Å². The predicted molar refractivity (Wildman–Crippen MR) is 72.3 cm³/mol. The molecule has 0 atom stereocenters. The van der Waals surface area contributed by atoms with Crippen LogP contribution >= 0.6 is 0 Å². The van der Waals surface area contributed by atoms with Crippen molar-refractivity contribution in [3.05, 3.63) is 51.9 Å². The molecule has 0 saturated heterocycles. The minimum atomic E-state index is -0.450. The molecule has 0 N–H and O–H groups in total. The molecule has 0 spiro atoms. The van der Waals surface area contributed by atoms with E-state index in [1.54, 1.807) is 18.2 Å². The van der Waals surface area contributed by atoms with Crippen molar-refractivity contribution >= 4 is 16.9 Å². The lowest BCUT2D eigenvalue weighted by atomic mass is 10.1. The number of carbonyl (C=O) groups excluding carboxylic acids is 1. The van der Waals surface area contributed by atoms with Crippen molar-refractivity contribution in [2.45, 2.75) is 20.8 Å². The average Bonchev–Trinajstić information content (AvgIpc) is 2.26. The minimum absolute atomic E-state index is 0.351. The standard InChI is InChI=1S/C15H14O4/c1-9(2)6-14(16)18-11-4-5-12-10(3)7-15(17)19-13(12)8-11/h4-8H,1-3H3. The maximum Gasteiger partial charge on any atom is 0.336 e. The second-order valence-corrected chi connectivity index (χ2v) is 4.55. The van der Waals surface area contributed by atoms with E-state index in [0.29, 0.717) is 11.3 Å². The Kier molecular flexibility index (Phi) is 3.51. The Morgan fingerprint density at radius 3 is 2.68 bits per heavy atom. The van der Waals surface area contributed by atoms with Crippen molar-refractivity contribution in [3.63, 3.8) is 0 Å². The Bertz CT molecular complexity index is 718. The third kappa shape index (κ3) is 3.10. The van der Waals surface area contributed by atoms with Crippen molar-refractivity contribution < 1.29 is 13.9 Å². The molecule has 1 aromatic carbocycles. The predicted octanol–water partition coefficient (Wildman–Crippen LogP) is 2.97. The van der Waals surface area contributed by atoms with Gasteiger partial charge in [-0.15, -0.1) is 0 Å². The molecule has 0 aliphatic heterocycles. The van der Waals surface area contributed by atoms with Crippen LogP contribution < -0.4 is 10.4 Å². The molecule has 0 aliphatic carbocycles. The number of aryl methyl sites for hydroxylation is 1. The number of fused-ring (bicyclic) bond motifs is 1. The van der Waals surface area contributed by atoms with Gasteiger partial charge in [0.1, 0.15) is 11.3 Å². The molecule has 98 valence electrons. The molecule has 0 amide bonds. The Balaban J connectivity index is 2.39. The zero-order valence-corrected chi connectivity index (χ0v) is 11.0. The van der Waals surface area contributed by atoms with Crippen molar-refractivity contribution in [2.75, 3.05) is 0 Å². The first-order chi connectivity index (χ1) is 8.95. The number of benzene rings is 1. The Morgan fingerprint density at radius 2 is 2.00 bits per heavy atom. The molecular weight excluding hydrogens is 244 g/mol. The highest BCUT2D eigenvalue weighted by atomic mass is 16.5. The summed E-state index contributed by atoms with van der Waals surface area (Å²) in [6.45, 7) is 5.45. The monoisotopic (exact) mass is 258 g/mol. The molecule has 2 rings (SSSR count). The van der Waals surface area contributed by atoms with Gasteiger partial charge >= 0.3 is 11.6 Å². The average molecular weight is 258 g/mol. The van der Waals surface area contributed by atoms with Crippen molar-refractivity contribution in [1.82, 2.24) is 0 Å². The van der Waals surface area contributed by atoms with Gasteiger partial charge in [-0.2, -0.15) is 0 Å². The molecule has 1 heterocycles. The van der Waals surface area contributed by atoms with Crippen LogP contribution in [0.15, 0.2) is 45.1 Å². The number of hydrogen-bond donors (Lipinski definition) is 0. The highest BCUT2D eigenvalue weighted by molar-refractivity contribution is 5.86. The van der Waals surface area contributed by atoms with Gasteiger partial charge in [-0.1, -0.05) is 5.57 Å². The summed E-state index contributed by atoms with van der Waals surface area (Å²) in [5.74, 6) is -0.0990. The molecule has 4 nitrogen and oxygen atoms in total. The molecule has 0 bridgehead atoms. The zero-order valence-electron chi connectivity index (χ0n) is 11.0. The fourth-order valence-electron chi connectivity index (χ4n) is 1.75. The summed E-state index contributed by atoms with van der Waals surface area (Å²) in [7, 11) is 0. The van der Waals surface area contributed by atoms with Crippen LogP contribution in [0.1, 0.15) is 19.4 Å². The summed E-state index contributed by atoms with van der Waals surface area (Å²) in [6, 6.07) is 6.41. The van der Waals surface area contributed by atoms with Crippen LogP contribution in [0.3, 0.4) is 0 Å². The van der Waals surface area contributed by atoms with E-state index in [0.717, 1.165) is 16.5 Å². The lowest BCUT2D eigenvalue weighted by molar-refractivity contribution is -0.129. The molecule has 0 radical (unpaired) electrons. The smallest absolute Gasteiger partial charge is 0.336 e. The van der Waals surface area contributed by atoms with E-state index in [9.17, 15) is 9.59 Å². The van der Waals surface area contributed by atoms with E-state index in [-0.39, 0.29) is 0 Å². The van der Waals surface area contributed by atoms with Crippen LogP contribution in [0.5, 0.6) is 5.75 Å². The first-order valence-electron chi connectivity index (χ1n) is 5.87. The number of esters is 1. The van der Waals surface area contributed by atoms with Gasteiger partial charge in [0.15, 0.2) is 0 Å². The third-order valence-corrected chi connectivity index (χ3v) is 2.55. The fraction of sp³-hybridized carbons (Fsp3) is 0.200. The lowest BCUT2D eigenvalue weighted by Gasteiger charge is -2.04. The molecule has 4 heteroatoms. The first-order valence-corrected chi connectivity index (χ1v) is 5.87. The summed E-state index contributed by atoms with van der Waals surface area (Å²) < 4.78 is 10.2. The SMILES string of the molecule is CC(C)=CC(=O)Oc1ccc2c(C)cc(=O)oc2c1. The summed E-state index contributed by atoms with van der Waals surface area (Å²) in [5.41, 5.74) is 1.67. The van der Waals surface area contributed by atoms with Gasteiger partial charge < -0.3 is 9.15 Å². The molecular formula is C15H14O4. The first kappa shape index (κ1) is 13.1. The molecule has 0 unspecified atom stereocenters. The zero-order chi connectivity index (χ0) is 14.0. The van der Waals surface area contributed by atoms with Gasteiger partial charge in [-0.05, 0) is 38.5 Å². The van der Waals surface area contributed by atoms with E-state index in [1.807, 2.05) is 20.8 Å². The largest absolute Gasteiger partial charge is 0.423 e. The second-order valence-electron chi connectivity index (χ2n) is 4.55. The molecule has 19 heavy (non-hydrogen) atoms. The van der Waals surface area contributed by atoms with Crippen molar-refractivity contribution in [3.8, 4) is 5.75 Å². The van der Waals surface area contributed by atoms with Gasteiger partial charge in [0, 0.05) is 23.6 Å². The van der Waals surface area contributed by atoms with Crippen molar-refractivity contribution in [2.24, 2.45) is 0 Å². The summed E-state index contributed by atoms with van der Waals surface area (Å²) >= 11 is 0. The van der Waals surface area contributed by atoms with E-state index in [1.165, 1.54) is 12.1 Å². The molecule has 0 aliphatic rings. The van der Waals surface area contributed by atoms with Crippen LogP contribution in [0.2, 0.25) is 0 Å². The second kappa shape index (κ2) is 5.10. The fourth-order valence-corrected chi connectivity index (χ4v) is 1.75. The summed E-state index contributed by atoms with van der Waals surface area (Å²) in [5, 5.41) is 0.821. The van der Waals surface area contributed by atoms with E-state index in [2.05, 4.69) is 0 Å². The number of carbonyl (C=O) groups is 1. The maximum atomic E-state index is 11.5. The highest BCUT2D eigenvalue weighted by Gasteiger charge is 2.06. The Morgan fingerprint density at radius 1 is 1.26 bits per heavy atom. The van der Waals surface area contributed by atoms with Crippen molar-refractivity contribution in [1.29, 1.82) is 0 Å². The Hall–Kier alpha value is -2.36. The minimum Gasteiger partial charge on any atom is -0.423 e. The van der Waals surface area contributed by atoms with Crippen LogP contribution in [-0.4, -0.2) is 5.97 Å². The summed E-state index contributed by atoms with van der Waals surface area (Å²) in [4.78, 5) is 22.8. The van der Waals surface area contributed by atoms with Crippen LogP contribution in [-0.2, 0) is 4.79 Å². The van der Waals surface area contributed by atoms with Gasteiger partial charge in [0.25, 0.3) is 0 Å². The number of hydrogen-bond acceptors (Lipinski definition) is 4. The number of ether oxygens (including phenoxy) is 1. The topological polar surface area (TPSA) is 56.5 Å². The highest BCUT2D eigenvalue weighted by Crippen LogP contribution is 2.22. The van der Waals surface area contributed by atoms with Crippen LogP contribution in [0.25, 0.3) is 11.0 Å². The van der Waals surface area contributed by atoms with Crippen LogP contribution in [0, 0.1) is 6.92 Å². The van der Waals surface area contributed by atoms with E-state index >= 15 is 0 Å². The number of allylic oxidation sites excluding steroid dienone is 1. The summed E-state index contributed by atoms with van der Waals surface area (Å²) in [6.07, 6.45) is 1.40. The number of rotatable bonds is 2. The molecule has 0 saturated carbocycles. The van der Waals surface area contributed by atoms with Gasteiger partial charge in [-0.25, -0.2) is 9.59 Å². The van der Waals surface area contributed by atoms with E-state index in [4.69, 9.17) is 9.15 Å². The Labute approximate surface area is 110 Å². The normalized spacial score (nSPS) is 10.3. The van der Waals surface area contributed by atoms with Crippen LogP contribution in [0.4, 0.5) is 0 Å². The van der Waals surface area contributed by atoms with Gasteiger partial charge in [0.2, 0.25) is 0 Å². The van der Waals surface area contributed by atoms with Gasteiger partial charge in [-0.3, -0.25) is 0 Å². The maximum absolute atomic E-state index is 11.5. The van der Waals surface area contributed by atoms with E-state index < -0.39 is 11.6 Å². The molecule has 0 fully saturated rings.